The number of pyridine rings is 1. The summed E-state index contributed by atoms with van der Waals surface area (Å²) in [6.45, 7) is 6.50. The zero-order valence-corrected chi connectivity index (χ0v) is 14.6. The van der Waals surface area contributed by atoms with Crippen LogP contribution in [-0.2, 0) is 4.74 Å². The highest BCUT2D eigenvalue weighted by Crippen LogP contribution is 2.30. The molecule has 0 aromatic carbocycles. The van der Waals surface area contributed by atoms with Crippen molar-refractivity contribution in [2.24, 2.45) is 0 Å². The number of amides is 2. The SMILES string of the molecule is CNC(=O)c1ccc(C2CCN(C(=O)OC(C)(C)C)CC2)c(F)n1. The average molecular weight is 337 g/mol. The van der Waals surface area contributed by atoms with Crippen LogP contribution in [0.4, 0.5) is 9.18 Å². The molecule has 2 heterocycles. The molecular formula is C17H24FN3O3. The monoisotopic (exact) mass is 337 g/mol. The summed E-state index contributed by atoms with van der Waals surface area (Å²) in [5.74, 6) is -1.05. The lowest BCUT2D eigenvalue weighted by molar-refractivity contribution is 0.0204. The molecule has 1 N–H and O–H groups in total. The predicted octanol–water partition coefficient (Wildman–Crippen LogP) is 2.69. The molecule has 132 valence electrons. The number of ether oxygens (including phenoxy) is 1. The summed E-state index contributed by atoms with van der Waals surface area (Å²) in [5, 5.41) is 2.42. The molecule has 1 aromatic heterocycles. The number of piperidine rings is 1. The molecule has 0 bridgehead atoms. The zero-order valence-electron chi connectivity index (χ0n) is 14.6. The molecule has 0 unspecified atom stereocenters. The maximum absolute atomic E-state index is 14.2. The molecule has 1 saturated heterocycles. The first-order valence-electron chi connectivity index (χ1n) is 8.07. The van der Waals surface area contributed by atoms with Gasteiger partial charge in [0.1, 0.15) is 11.3 Å². The number of rotatable bonds is 2. The van der Waals surface area contributed by atoms with E-state index in [4.69, 9.17) is 4.74 Å². The smallest absolute Gasteiger partial charge is 0.410 e. The van der Waals surface area contributed by atoms with E-state index in [-0.39, 0.29) is 17.7 Å². The highest BCUT2D eigenvalue weighted by molar-refractivity contribution is 5.91. The van der Waals surface area contributed by atoms with E-state index in [0.717, 1.165) is 0 Å². The Balaban J connectivity index is 2.00. The number of nitrogens with one attached hydrogen (secondary N) is 1. The van der Waals surface area contributed by atoms with Gasteiger partial charge in [0, 0.05) is 25.7 Å². The maximum atomic E-state index is 14.2. The minimum absolute atomic E-state index is 0.0186. The first kappa shape index (κ1) is 18.2. The second kappa shape index (κ2) is 7.15. The molecule has 7 heteroatoms. The van der Waals surface area contributed by atoms with Crippen molar-refractivity contribution < 1.29 is 18.7 Å². The second-order valence-corrected chi connectivity index (χ2v) is 6.90. The molecule has 2 amide bonds. The normalized spacial score (nSPS) is 16.0. The van der Waals surface area contributed by atoms with Gasteiger partial charge in [0.25, 0.3) is 5.91 Å². The third kappa shape index (κ3) is 4.43. The summed E-state index contributed by atoms with van der Waals surface area (Å²) in [6, 6.07) is 3.14. The van der Waals surface area contributed by atoms with Crippen molar-refractivity contribution in [1.82, 2.24) is 15.2 Å². The van der Waals surface area contributed by atoms with Gasteiger partial charge < -0.3 is 15.0 Å². The minimum Gasteiger partial charge on any atom is -0.444 e. The average Bonchev–Trinajstić information content (AvgIpc) is 2.52. The van der Waals surface area contributed by atoms with E-state index in [9.17, 15) is 14.0 Å². The van der Waals surface area contributed by atoms with Crippen molar-refractivity contribution in [2.75, 3.05) is 20.1 Å². The summed E-state index contributed by atoms with van der Waals surface area (Å²) in [5.41, 5.74) is 0.0241. The molecule has 0 atom stereocenters. The lowest BCUT2D eigenvalue weighted by atomic mass is 9.90. The zero-order chi connectivity index (χ0) is 17.9. The quantitative estimate of drug-likeness (QED) is 0.842. The van der Waals surface area contributed by atoms with E-state index in [1.165, 1.54) is 13.1 Å². The standard InChI is InChI=1S/C17H24FN3O3/c1-17(2,3)24-16(23)21-9-7-11(8-10-21)12-5-6-13(15(22)19-4)20-14(12)18/h5-6,11H,7-10H2,1-4H3,(H,19,22). The van der Waals surface area contributed by atoms with Gasteiger partial charge in [-0.15, -0.1) is 0 Å². The second-order valence-electron chi connectivity index (χ2n) is 6.90. The van der Waals surface area contributed by atoms with Crippen molar-refractivity contribution >= 4 is 12.0 Å². The van der Waals surface area contributed by atoms with Crippen LogP contribution in [0, 0.1) is 5.95 Å². The fourth-order valence-corrected chi connectivity index (χ4v) is 2.70. The molecule has 2 rings (SSSR count). The lowest BCUT2D eigenvalue weighted by Crippen LogP contribution is -2.41. The Labute approximate surface area is 141 Å². The molecule has 0 spiro atoms. The van der Waals surface area contributed by atoms with Gasteiger partial charge in [0.2, 0.25) is 5.95 Å². The van der Waals surface area contributed by atoms with Crippen LogP contribution in [0.15, 0.2) is 12.1 Å². The topological polar surface area (TPSA) is 71.5 Å². The van der Waals surface area contributed by atoms with E-state index in [1.807, 2.05) is 20.8 Å². The summed E-state index contributed by atoms with van der Waals surface area (Å²) in [6.07, 6.45) is 0.934. The van der Waals surface area contributed by atoms with E-state index >= 15 is 0 Å². The van der Waals surface area contributed by atoms with Crippen LogP contribution in [0.1, 0.15) is 55.6 Å². The molecule has 1 fully saturated rings. The van der Waals surface area contributed by atoms with E-state index < -0.39 is 17.5 Å². The Bertz CT molecular complexity index is 620. The molecule has 0 radical (unpaired) electrons. The third-order valence-electron chi connectivity index (χ3n) is 3.92. The molecule has 1 aromatic rings. The third-order valence-corrected chi connectivity index (χ3v) is 3.92. The van der Waals surface area contributed by atoms with Crippen molar-refractivity contribution in [1.29, 1.82) is 0 Å². The Morgan fingerprint density at radius 2 is 1.92 bits per heavy atom. The summed E-state index contributed by atoms with van der Waals surface area (Å²) in [7, 11) is 1.47. The van der Waals surface area contributed by atoms with Crippen LogP contribution in [-0.4, -0.2) is 47.6 Å². The predicted molar refractivity (Wildman–Crippen MR) is 87.4 cm³/mol. The summed E-state index contributed by atoms with van der Waals surface area (Å²) in [4.78, 5) is 28.9. The number of aromatic nitrogens is 1. The molecule has 24 heavy (non-hydrogen) atoms. The van der Waals surface area contributed by atoms with Gasteiger partial charge in [0.05, 0.1) is 0 Å². The first-order valence-corrected chi connectivity index (χ1v) is 8.07. The Morgan fingerprint density at radius 3 is 2.42 bits per heavy atom. The van der Waals surface area contributed by atoms with Crippen molar-refractivity contribution in [3.63, 3.8) is 0 Å². The van der Waals surface area contributed by atoms with Crippen LogP contribution in [0.3, 0.4) is 0 Å². The number of carbonyl (C=O) groups excluding carboxylic acids is 2. The number of halogens is 1. The number of nitrogens with zero attached hydrogens (tertiary/aromatic N) is 2. The van der Waals surface area contributed by atoms with Crippen LogP contribution in [0.2, 0.25) is 0 Å². The Hall–Kier alpha value is -2.18. The molecule has 6 nitrogen and oxygen atoms in total. The van der Waals surface area contributed by atoms with Gasteiger partial charge in [-0.1, -0.05) is 6.07 Å². The molecule has 1 aliphatic heterocycles. The largest absolute Gasteiger partial charge is 0.444 e. The van der Waals surface area contributed by atoms with Crippen LogP contribution in [0.25, 0.3) is 0 Å². The van der Waals surface area contributed by atoms with E-state index in [1.54, 1.807) is 11.0 Å². The van der Waals surface area contributed by atoms with E-state index in [2.05, 4.69) is 10.3 Å². The Morgan fingerprint density at radius 1 is 1.29 bits per heavy atom. The molecule has 0 saturated carbocycles. The van der Waals surface area contributed by atoms with Crippen LogP contribution < -0.4 is 5.32 Å². The van der Waals surface area contributed by atoms with Gasteiger partial charge in [-0.25, -0.2) is 9.78 Å². The lowest BCUT2D eigenvalue weighted by Gasteiger charge is -2.33. The Kier molecular flexibility index (Phi) is 5.41. The van der Waals surface area contributed by atoms with Crippen molar-refractivity contribution in [3.8, 4) is 0 Å². The van der Waals surface area contributed by atoms with Crippen LogP contribution >= 0.6 is 0 Å². The number of hydrogen-bond donors (Lipinski definition) is 1. The first-order chi connectivity index (χ1) is 11.2. The molecule has 1 aliphatic rings. The van der Waals surface area contributed by atoms with Gasteiger partial charge in [-0.05, 0) is 45.6 Å². The van der Waals surface area contributed by atoms with Gasteiger partial charge in [-0.3, -0.25) is 4.79 Å². The molecular weight excluding hydrogens is 313 g/mol. The highest BCUT2D eigenvalue weighted by Gasteiger charge is 2.29. The minimum atomic E-state index is -0.619. The fourth-order valence-electron chi connectivity index (χ4n) is 2.70. The summed E-state index contributed by atoms with van der Waals surface area (Å²) >= 11 is 0. The molecule has 0 aliphatic carbocycles. The number of carbonyl (C=O) groups is 2. The van der Waals surface area contributed by atoms with Crippen LogP contribution in [0.5, 0.6) is 0 Å². The fraction of sp³-hybridized carbons (Fsp3) is 0.588. The van der Waals surface area contributed by atoms with Crippen molar-refractivity contribution in [3.05, 3.63) is 29.3 Å². The number of likely N-dealkylation sites (tertiary alicyclic amines) is 1. The van der Waals surface area contributed by atoms with Crippen molar-refractivity contribution in [2.45, 2.75) is 45.1 Å². The highest BCUT2D eigenvalue weighted by atomic mass is 19.1. The summed E-state index contributed by atoms with van der Waals surface area (Å²) < 4.78 is 19.6. The number of hydrogen-bond acceptors (Lipinski definition) is 4. The van der Waals surface area contributed by atoms with E-state index in [0.29, 0.717) is 31.5 Å². The maximum Gasteiger partial charge on any atom is 0.410 e. The van der Waals surface area contributed by atoms with Gasteiger partial charge >= 0.3 is 6.09 Å². The van der Waals surface area contributed by atoms with Gasteiger partial charge in [-0.2, -0.15) is 4.39 Å². The van der Waals surface area contributed by atoms with Gasteiger partial charge in [0.15, 0.2) is 0 Å².